The Hall–Kier alpha value is -2.00. The Bertz CT molecular complexity index is 610. The van der Waals surface area contributed by atoms with E-state index in [1.54, 1.807) is 7.11 Å². The van der Waals surface area contributed by atoms with Crippen LogP contribution >= 0.6 is 0 Å². The zero-order valence-corrected chi connectivity index (χ0v) is 14.6. The van der Waals surface area contributed by atoms with Crippen LogP contribution in [0.3, 0.4) is 0 Å². The summed E-state index contributed by atoms with van der Waals surface area (Å²) < 4.78 is 5.23. The molecule has 2 N–H and O–H groups in total. The molecule has 1 unspecified atom stereocenters. The number of benzene rings is 2. The molecular formula is C20H28N2O. The molecule has 0 aromatic heterocycles. The number of nitrogen functional groups attached to an aromatic ring is 1. The number of hydrogen-bond acceptors (Lipinski definition) is 3. The second-order valence-electron chi connectivity index (χ2n) is 6.38. The van der Waals surface area contributed by atoms with Crippen molar-refractivity contribution >= 4 is 5.69 Å². The molecule has 3 nitrogen and oxygen atoms in total. The van der Waals surface area contributed by atoms with Crippen molar-refractivity contribution in [2.75, 3.05) is 12.8 Å². The summed E-state index contributed by atoms with van der Waals surface area (Å²) in [5, 5.41) is 0. The summed E-state index contributed by atoms with van der Waals surface area (Å²) in [5.41, 5.74) is 9.33. The molecule has 0 radical (unpaired) electrons. The molecule has 0 aliphatic heterocycles. The van der Waals surface area contributed by atoms with Gasteiger partial charge in [-0.25, -0.2) is 0 Å². The molecule has 2 aromatic rings. The maximum atomic E-state index is 6.03. The minimum absolute atomic E-state index is 0.433. The topological polar surface area (TPSA) is 38.5 Å². The number of ether oxygens (including phenoxy) is 1. The van der Waals surface area contributed by atoms with Gasteiger partial charge in [0.2, 0.25) is 0 Å². The molecule has 0 amide bonds. The van der Waals surface area contributed by atoms with Gasteiger partial charge in [0.15, 0.2) is 0 Å². The van der Waals surface area contributed by atoms with Gasteiger partial charge in [0, 0.05) is 18.6 Å². The molecule has 0 spiro atoms. The van der Waals surface area contributed by atoms with Gasteiger partial charge < -0.3 is 10.5 Å². The van der Waals surface area contributed by atoms with Crippen molar-refractivity contribution in [1.29, 1.82) is 0 Å². The van der Waals surface area contributed by atoms with Crippen LogP contribution in [-0.4, -0.2) is 24.1 Å². The van der Waals surface area contributed by atoms with Crippen molar-refractivity contribution in [2.45, 2.75) is 45.8 Å². The fourth-order valence-electron chi connectivity index (χ4n) is 3.01. The minimum atomic E-state index is 0.433. The van der Waals surface area contributed by atoms with Crippen LogP contribution in [0.1, 0.15) is 31.9 Å². The Morgan fingerprint density at radius 1 is 1.00 bits per heavy atom. The lowest BCUT2D eigenvalue weighted by Gasteiger charge is -2.33. The Morgan fingerprint density at radius 2 is 1.70 bits per heavy atom. The predicted octanol–water partition coefficient (Wildman–Crippen LogP) is 4.12. The lowest BCUT2D eigenvalue weighted by atomic mass is 10.0. The number of anilines is 1. The maximum Gasteiger partial charge on any atom is 0.141 e. The van der Waals surface area contributed by atoms with Crippen LogP contribution in [0, 0.1) is 0 Å². The fourth-order valence-corrected chi connectivity index (χ4v) is 3.01. The second-order valence-corrected chi connectivity index (χ2v) is 6.38. The average molecular weight is 312 g/mol. The fraction of sp³-hybridized carbons (Fsp3) is 0.400. The average Bonchev–Trinajstić information content (AvgIpc) is 2.53. The van der Waals surface area contributed by atoms with E-state index in [9.17, 15) is 0 Å². The molecule has 0 heterocycles. The standard InChI is InChI=1S/C20H28N2O/c1-15(2)22(14-17-8-6-5-7-9-17)16(3)12-18-10-11-20(23-4)19(21)13-18/h5-11,13,15-16H,12,14,21H2,1-4H3. The van der Waals surface area contributed by atoms with Crippen LogP contribution in [-0.2, 0) is 13.0 Å². The van der Waals surface area contributed by atoms with Gasteiger partial charge in [0.05, 0.1) is 12.8 Å². The molecule has 2 aromatic carbocycles. The Labute approximate surface area is 140 Å². The van der Waals surface area contributed by atoms with E-state index >= 15 is 0 Å². The van der Waals surface area contributed by atoms with Gasteiger partial charge in [-0.1, -0.05) is 36.4 Å². The first-order chi connectivity index (χ1) is 11.0. The summed E-state index contributed by atoms with van der Waals surface area (Å²) in [4.78, 5) is 2.52. The second kappa shape index (κ2) is 8.02. The van der Waals surface area contributed by atoms with Crippen molar-refractivity contribution in [1.82, 2.24) is 4.90 Å². The zero-order valence-electron chi connectivity index (χ0n) is 14.6. The molecule has 0 saturated carbocycles. The molecule has 0 saturated heterocycles. The van der Waals surface area contributed by atoms with Crippen LogP contribution in [0.25, 0.3) is 0 Å². The van der Waals surface area contributed by atoms with Gasteiger partial charge in [-0.15, -0.1) is 0 Å². The lowest BCUT2D eigenvalue weighted by molar-refractivity contribution is 0.154. The zero-order chi connectivity index (χ0) is 16.8. The highest BCUT2D eigenvalue weighted by molar-refractivity contribution is 5.54. The van der Waals surface area contributed by atoms with Gasteiger partial charge in [0.1, 0.15) is 5.75 Å². The first kappa shape index (κ1) is 17.4. The van der Waals surface area contributed by atoms with E-state index in [1.807, 2.05) is 12.1 Å². The SMILES string of the molecule is COc1ccc(CC(C)N(Cc2ccccc2)C(C)C)cc1N. The largest absolute Gasteiger partial charge is 0.495 e. The summed E-state index contributed by atoms with van der Waals surface area (Å²) in [6.07, 6.45) is 0.971. The molecule has 0 bridgehead atoms. The van der Waals surface area contributed by atoms with Gasteiger partial charge in [-0.3, -0.25) is 4.90 Å². The third-order valence-corrected chi connectivity index (χ3v) is 4.26. The van der Waals surface area contributed by atoms with E-state index < -0.39 is 0 Å². The van der Waals surface area contributed by atoms with E-state index in [4.69, 9.17) is 10.5 Å². The number of methoxy groups -OCH3 is 1. The Kier molecular flexibility index (Phi) is 6.05. The van der Waals surface area contributed by atoms with Crippen LogP contribution in [0.15, 0.2) is 48.5 Å². The van der Waals surface area contributed by atoms with Gasteiger partial charge in [0.25, 0.3) is 0 Å². The summed E-state index contributed by atoms with van der Waals surface area (Å²) in [6.45, 7) is 7.75. The number of hydrogen-bond donors (Lipinski definition) is 1. The van der Waals surface area contributed by atoms with Crippen molar-refractivity contribution in [2.24, 2.45) is 0 Å². The molecule has 23 heavy (non-hydrogen) atoms. The first-order valence-corrected chi connectivity index (χ1v) is 8.23. The minimum Gasteiger partial charge on any atom is -0.495 e. The highest BCUT2D eigenvalue weighted by Crippen LogP contribution is 2.24. The Morgan fingerprint density at radius 3 is 2.26 bits per heavy atom. The lowest BCUT2D eigenvalue weighted by Crippen LogP contribution is -2.39. The summed E-state index contributed by atoms with van der Waals surface area (Å²) in [6, 6.07) is 17.6. The summed E-state index contributed by atoms with van der Waals surface area (Å²) in [7, 11) is 1.65. The maximum absolute atomic E-state index is 6.03. The van der Waals surface area contributed by atoms with Crippen molar-refractivity contribution in [3.63, 3.8) is 0 Å². The van der Waals surface area contributed by atoms with Crippen molar-refractivity contribution < 1.29 is 4.74 Å². The van der Waals surface area contributed by atoms with E-state index in [1.165, 1.54) is 11.1 Å². The molecule has 1 atom stereocenters. The quantitative estimate of drug-likeness (QED) is 0.782. The predicted molar refractivity (Wildman–Crippen MR) is 97.7 cm³/mol. The highest BCUT2D eigenvalue weighted by atomic mass is 16.5. The van der Waals surface area contributed by atoms with Gasteiger partial charge >= 0.3 is 0 Å². The van der Waals surface area contributed by atoms with E-state index in [2.05, 4.69) is 62.1 Å². The Balaban J connectivity index is 2.09. The van der Waals surface area contributed by atoms with Crippen LogP contribution in [0.4, 0.5) is 5.69 Å². The van der Waals surface area contributed by atoms with Crippen molar-refractivity contribution in [3.05, 3.63) is 59.7 Å². The number of nitrogens with two attached hydrogens (primary N) is 1. The van der Waals surface area contributed by atoms with Crippen LogP contribution in [0.5, 0.6) is 5.75 Å². The normalized spacial score (nSPS) is 12.6. The summed E-state index contributed by atoms with van der Waals surface area (Å²) in [5.74, 6) is 0.742. The highest BCUT2D eigenvalue weighted by Gasteiger charge is 2.18. The van der Waals surface area contributed by atoms with Crippen molar-refractivity contribution in [3.8, 4) is 5.75 Å². The first-order valence-electron chi connectivity index (χ1n) is 8.23. The van der Waals surface area contributed by atoms with E-state index in [0.717, 1.165) is 18.7 Å². The van der Waals surface area contributed by atoms with Gasteiger partial charge in [-0.2, -0.15) is 0 Å². The number of nitrogens with zero attached hydrogens (tertiary/aromatic N) is 1. The molecule has 0 fully saturated rings. The van der Waals surface area contributed by atoms with Gasteiger partial charge in [-0.05, 0) is 50.5 Å². The monoisotopic (exact) mass is 312 g/mol. The molecule has 3 heteroatoms. The van der Waals surface area contributed by atoms with E-state index in [0.29, 0.717) is 17.8 Å². The summed E-state index contributed by atoms with van der Waals surface area (Å²) >= 11 is 0. The molecular weight excluding hydrogens is 284 g/mol. The third kappa shape index (κ3) is 4.73. The molecule has 124 valence electrons. The molecule has 2 rings (SSSR count). The van der Waals surface area contributed by atoms with E-state index in [-0.39, 0.29) is 0 Å². The third-order valence-electron chi connectivity index (χ3n) is 4.26. The molecule has 0 aliphatic rings. The molecule has 0 aliphatic carbocycles. The van der Waals surface area contributed by atoms with Crippen LogP contribution in [0.2, 0.25) is 0 Å². The van der Waals surface area contributed by atoms with Crippen LogP contribution < -0.4 is 10.5 Å². The number of rotatable bonds is 7. The smallest absolute Gasteiger partial charge is 0.141 e.